The fourth-order valence-corrected chi connectivity index (χ4v) is 2.15. The highest BCUT2D eigenvalue weighted by molar-refractivity contribution is 6.32. The smallest absolute Gasteiger partial charge is 0.133 e. The van der Waals surface area contributed by atoms with Gasteiger partial charge in [-0.1, -0.05) is 29.8 Å². The van der Waals surface area contributed by atoms with Gasteiger partial charge in [-0.25, -0.2) is 0 Å². The van der Waals surface area contributed by atoms with Crippen molar-refractivity contribution in [2.75, 3.05) is 0 Å². The Hall–Kier alpha value is -1.18. The minimum absolute atomic E-state index is 0.334. The van der Waals surface area contributed by atoms with Crippen LogP contribution in [0.4, 0.5) is 0 Å². The van der Waals surface area contributed by atoms with Crippen molar-refractivity contribution >= 4 is 23.2 Å². The van der Waals surface area contributed by atoms with Crippen molar-refractivity contribution in [3.8, 4) is 11.5 Å². The Balaban J connectivity index is 2.33. The number of aryl methyl sites for hydroxylation is 1. The van der Waals surface area contributed by atoms with Crippen molar-refractivity contribution in [2.45, 2.75) is 12.8 Å². The summed E-state index contributed by atoms with van der Waals surface area (Å²) in [6.45, 7) is 2.02. The summed E-state index contributed by atoms with van der Waals surface area (Å²) < 4.78 is 5.79. The number of hydrogen-bond donors (Lipinski definition) is 0. The normalized spacial score (nSPS) is 10.3. The van der Waals surface area contributed by atoms with Gasteiger partial charge in [-0.05, 0) is 36.8 Å². The summed E-state index contributed by atoms with van der Waals surface area (Å²) in [5.74, 6) is 1.83. The average molecular weight is 267 g/mol. The van der Waals surface area contributed by atoms with Crippen molar-refractivity contribution in [1.29, 1.82) is 0 Å². The summed E-state index contributed by atoms with van der Waals surface area (Å²) in [4.78, 5) is 0. The molecule has 3 heteroatoms. The van der Waals surface area contributed by atoms with E-state index in [1.54, 1.807) is 0 Å². The first-order chi connectivity index (χ1) is 8.20. The van der Waals surface area contributed by atoms with E-state index in [-0.39, 0.29) is 0 Å². The number of benzene rings is 2. The summed E-state index contributed by atoms with van der Waals surface area (Å²) in [6.07, 6.45) is 0. The van der Waals surface area contributed by atoms with E-state index in [1.807, 2.05) is 49.4 Å². The van der Waals surface area contributed by atoms with Crippen LogP contribution in [-0.2, 0) is 5.88 Å². The van der Waals surface area contributed by atoms with Gasteiger partial charge in [0.05, 0.1) is 5.88 Å². The largest absolute Gasteiger partial charge is 0.457 e. The Labute approximate surface area is 111 Å². The molecule has 0 spiro atoms. The summed E-state index contributed by atoms with van der Waals surface area (Å²) in [5, 5.41) is 0.630. The molecule has 0 aliphatic rings. The molecule has 88 valence electrons. The quantitative estimate of drug-likeness (QED) is 0.696. The number of halogens is 2. The maximum atomic E-state index is 6.06. The van der Waals surface area contributed by atoms with E-state index < -0.39 is 0 Å². The molecule has 0 amide bonds. The molecule has 0 saturated heterocycles. The molecule has 0 aromatic heterocycles. The Kier molecular flexibility index (Phi) is 3.93. The van der Waals surface area contributed by atoms with Gasteiger partial charge in [-0.3, -0.25) is 0 Å². The molecule has 0 aliphatic heterocycles. The number of alkyl halides is 1. The maximum Gasteiger partial charge on any atom is 0.133 e. The van der Waals surface area contributed by atoms with Crippen LogP contribution >= 0.6 is 23.2 Å². The summed E-state index contributed by atoms with van der Waals surface area (Å²) in [6, 6.07) is 13.4. The molecule has 0 aliphatic carbocycles. The molecule has 0 radical (unpaired) electrons. The minimum atomic E-state index is 0.334. The van der Waals surface area contributed by atoms with Gasteiger partial charge >= 0.3 is 0 Å². The Morgan fingerprint density at radius 1 is 1.12 bits per heavy atom. The van der Waals surface area contributed by atoms with Crippen molar-refractivity contribution in [3.63, 3.8) is 0 Å². The lowest BCUT2D eigenvalue weighted by atomic mass is 10.2. The van der Waals surface area contributed by atoms with Crippen LogP contribution in [-0.4, -0.2) is 0 Å². The molecule has 0 bridgehead atoms. The van der Waals surface area contributed by atoms with Gasteiger partial charge < -0.3 is 4.74 Å². The number of ether oxygens (including phenoxy) is 1. The zero-order valence-corrected chi connectivity index (χ0v) is 10.9. The Morgan fingerprint density at radius 2 is 1.88 bits per heavy atom. The van der Waals surface area contributed by atoms with E-state index in [1.165, 1.54) is 0 Å². The fourth-order valence-electron chi connectivity index (χ4n) is 1.57. The number of hydrogen-bond acceptors (Lipinski definition) is 1. The molecule has 1 nitrogen and oxygen atoms in total. The molecule has 2 aromatic carbocycles. The first kappa shape index (κ1) is 12.3. The third-order valence-electron chi connectivity index (χ3n) is 2.43. The van der Waals surface area contributed by atoms with E-state index >= 15 is 0 Å². The monoisotopic (exact) mass is 266 g/mol. The first-order valence-corrected chi connectivity index (χ1v) is 6.20. The van der Waals surface area contributed by atoms with Crippen LogP contribution in [0.25, 0.3) is 0 Å². The average Bonchev–Trinajstić information content (AvgIpc) is 2.29. The predicted octanol–water partition coefficient (Wildman–Crippen LogP) is 5.18. The van der Waals surface area contributed by atoms with Crippen molar-refractivity contribution < 1.29 is 4.74 Å². The van der Waals surface area contributed by atoms with Crippen LogP contribution in [0.15, 0.2) is 42.5 Å². The van der Waals surface area contributed by atoms with Crippen molar-refractivity contribution in [3.05, 3.63) is 58.6 Å². The van der Waals surface area contributed by atoms with Crippen molar-refractivity contribution in [2.24, 2.45) is 0 Å². The number of rotatable bonds is 3. The SMILES string of the molecule is Cc1cccc(Oc2cccc(Cl)c2CCl)c1. The second kappa shape index (κ2) is 5.44. The molecule has 2 aromatic rings. The lowest BCUT2D eigenvalue weighted by molar-refractivity contribution is 0.478. The molecular formula is C14H12Cl2O. The summed E-state index contributed by atoms with van der Waals surface area (Å²) in [5.41, 5.74) is 1.97. The van der Waals surface area contributed by atoms with Gasteiger partial charge in [0.2, 0.25) is 0 Å². The standard InChI is InChI=1S/C14H12Cl2O/c1-10-4-2-5-11(8-10)17-14-7-3-6-13(16)12(14)9-15/h2-8H,9H2,1H3. The van der Waals surface area contributed by atoms with Crippen LogP contribution in [0.1, 0.15) is 11.1 Å². The molecular weight excluding hydrogens is 255 g/mol. The highest BCUT2D eigenvalue weighted by Crippen LogP contribution is 2.31. The molecule has 0 fully saturated rings. The van der Waals surface area contributed by atoms with Crippen LogP contribution < -0.4 is 4.74 Å². The van der Waals surface area contributed by atoms with Gasteiger partial charge in [-0.2, -0.15) is 0 Å². The Bertz CT molecular complexity index is 523. The lowest BCUT2D eigenvalue weighted by Crippen LogP contribution is -1.90. The summed E-state index contributed by atoms with van der Waals surface area (Å²) in [7, 11) is 0. The highest BCUT2D eigenvalue weighted by atomic mass is 35.5. The predicted molar refractivity (Wildman–Crippen MR) is 72.3 cm³/mol. The topological polar surface area (TPSA) is 9.23 Å². The van der Waals surface area contributed by atoms with E-state index in [9.17, 15) is 0 Å². The van der Waals surface area contributed by atoms with Gasteiger partial charge in [0.1, 0.15) is 11.5 Å². The molecule has 0 N–H and O–H groups in total. The van der Waals surface area contributed by atoms with Crippen molar-refractivity contribution in [1.82, 2.24) is 0 Å². The van der Waals surface area contributed by atoms with E-state index in [4.69, 9.17) is 27.9 Å². The second-order valence-corrected chi connectivity index (χ2v) is 4.44. The van der Waals surface area contributed by atoms with E-state index in [2.05, 4.69) is 0 Å². The van der Waals surface area contributed by atoms with E-state index in [0.29, 0.717) is 16.7 Å². The highest BCUT2D eigenvalue weighted by Gasteiger charge is 2.07. The fraction of sp³-hybridized carbons (Fsp3) is 0.143. The minimum Gasteiger partial charge on any atom is -0.457 e. The maximum absolute atomic E-state index is 6.06. The first-order valence-electron chi connectivity index (χ1n) is 5.28. The molecule has 17 heavy (non-hydrogen) atoms. The van der Waals surface area contributed by atoms with Crippen LogP contribution in [0.3, 0.4) is 0 Å². The van der Waals surface area contributed by atoms with Crippen LogP contribution in [0, 0.1) is 6.92 Å². The molecule has 0 saturated carbocycles. The molecule has 0 atom stereocenters. The van der Waals surface area contributed by atoms with Gasteiger partial charge in [0.15, 0.2) is 0 Å². The lowest BCUT2D eigenvalue weighted by Gasteiger charge is -2.11. The van der Waals surface area contributed by atoms with Gasteiger partial charge in [-0.15, -0.1) is 11.6 Å². The Morgan fingerprint density at radius 3 is 2.59 bits per heavy atom. The van der Waals surface area contributed by atoms with Crippen LogP contribution in [0.5, 0.6) is 11.5 Å². The summed E-state index contributed by atoms with van der Waals surface area (Å²) >= 11 is 11.9. The molecule has 2 rings (SSSR count). The van der Waals surface area contributed by atoms with Crippen LogP contribution in [0.2, 0.25) is 5.02 Å². The van der Waals surface area contributed by atoms with E-state index in [0.717, 1.165) is 16.9 Å². The third kappa shape index (κ3) is 2.93. The second-order valence-electron chi connectivity index (χ2n) is 3.77. The third-order valence-corrected chi connectivity index (χ3v) is 3.05. The van der Waals surface area contributed by atoms with Gasteiger partial charge in [0, 0.05) is 10.6 Å². The molecule has 0 heterocycles. The zero-order valence-electron chi connectivity index (χ0n) is 9.41. The van der Waals surface area contributed by atoms with Gasteiger partial charge in [0.25, 0.3) is 0 Å². The zero-order chi connectivity index (χ0) is 12.3. The molecule has 0 unspecified atom stereocenters.